The number of methoxy groups -OCH3 is 1. The summed E-state index contributed by atoms with van der Waals surface area (Å²) in [5.74, 6) is 0.555. The molecule has 2 aromatic heterocycles. The second kappa shape index (κ2) is 25.9. The predicted octanol–water partition coefficient (Wildman–Crippen LogP) is 6.78. The molecule has 2 fully saturated rings. The summed E-state index contributed by atoms with van der Waals surface area (Å²) in [5.41, 5.74) is -4.69. The molecule has 6 rings (SSSR count). The van der Waals surface area contributed by atoms with Crippen LogP contribution in [0.15, 0.2) is 67.0 Å². The molecule has 0 spiro atoms. The third-order valence-corrected chi connectivity index (χ3v) is 14.1. The lowest BCUT2D eigenvalue weighted by Crippen LogP contribution is -2.63. The van der Waals surface area contributed by atoms with Gasteiger partial charge in [0.25, 0.3) is 5.91 Å². The predicted molar refractivity (Wildman–Crippen MR) is 267 cm³/mol. The van der Waals surface area contributed by atoms with E-state index < -0.39 is 115 Å². The number of aliphatic hydroxyl groups is 1. The fraction of sp³-hybridized carbons (Fsp3) is 0.500. The Morgan fingerprint density at radius 1 is 0.812 bits per heavy atom. The van der Waals surface area contributed by atoms with Crippen molar-refractivity contribution in [2.24, 2.45) is 10.8 Å². The van der Waals surface area contributed by atoms with E-state index in [1.807, 2.05) is 22.9 Å². The van der Waals surface area contributed by atoms with Gasteiger partial charge >= 0.3 is 31.1 Å². The highest BCUT2D eigenvalue weighted by Crippen LogP contribution is 2.42. The summed E-state index contributed by atoms with van der Waals surface area (Å²) >= 11 is 0. The molecule has 80 heavy (non-hydrogen) atoms. The van der Waals surface area contributed by atoms with E-state index in [2.05, 4.69) is 41.8 Å². The first-order chi connectivity index (χ1) is 37.5. The van der Waals surface area contributed by atoms with Gasteiger partial charge in [0.05, 0.1) is 35.8 Å². The van der Waals surface area contributed by atoms with Crippen molar-refractivity contribution >= 4 is 29.8 Å². The van der Waals surface area contributed by atoms with Crippen LogP contribution in [0.4, 0.5) is 59.3 Å². The lowest BCUT2D eigenvalue weighted by atomic mass is 9.82. The van der Waals surface area contributed by atoms with Crippen molar-refractivity contribution in [1.29, 1.82) is 0 Å². The Kier molecular flexibility index (Phi) is 20.1. The number of hydrogen-bond acceptors (Lipinski definition) is 12. The Morgan fingerprint density at radius 3 is 1.91 bits per heavy atom. The SMILES string of the molecule is COC(=O)N[C@H](C(=O)N[C@@H](Cc1ccc(C#Cc2ccc(N3CCN(C4CCOCC4)CC3)nc2)cc1)[C@@H](O)CN(Cc1c(F)cc(-c2ccn(C(F)F)n2)cc1F)NC(=O)[C@@H](NC(=O)O)C(C)(C)C(F)(F)F)C(C)(C)C(F)(F)F. The number of carbonyl (C=O) groups excluding carboxylic acids is 3. The van der Waals surface area contributed by atoms with Gasteiger partial charge < -0.3 is 40.5 Å². The topological polar surface area (TPSA) is 216 Å². The maximum atomic E-state index is 16.0. The summed E-state index contributed by atoms with van der Waals surface area (Å²) < 4.78 is 155. The zero-order chi connectivity index (χ0) is 58.9. The van der Waals surface area contributed by atoms with Gasteiger partial charge in [0.15, 0.2) is 0 Å². The molecule has 2 aromatic carbocycles. The lowest BCUT2D eigenvalue weighted by Gasteiger charge is -2.41. The summed E-state index contributed by atoms with van der Waals surface area (Å²) in [5, 5.41) is 31.1. The molecule has 4 amide bonds. The van der Waals surface area contributed by atoms with E-state index in [1.54, 1.807) is 6.20 Å². The number of halogens is 10. The number of nitrogens with zero attached hydrogens (tertiary/aromatic N) is 6. The minimum atomic E-state index is -5.28. The number of piperazine rings is 1. The highest BCUT2D eigenvalue weighted by atomic mass is 19.4. The van der Waals surface area contributed by atoms with E-state index in [0.29, 0.717) is 62.0 Å². The van der Waals surface area contributed by atoms with Crippen LogP contribution in [0.3, 0.4) is 0 Å². The second-order valence-electron chi connectivity index (χ2n) is 20.2. The number of benzene rings is 2. The summed E-state index contributed by atoms with van der Waals surface area (Å²) in [6, 6.07) is 5.50. The molecular formula is C52H60F10N10O8. The van der Waals surface area contributed by atoms with Crippen molar-refractivity contribution in [1.82, 2.24) is 46.0 Å². The van der Waals surface area contributed by atoms with Gasteiger partial charge in [0.1, 0.15) is 29.5 Å². The number of rotatable bonds is 19. The van der Waals surface area contributed by atoms with Crippen molar-refractivity contribution in [3.8, 4) is 23.1 Å². The number of aromatic nitrogens is 3. The van der Waals surface area contributed by atoms with Gasteiger partial charge in [-0.3, -0.25) is 19.9 Å². The molecule has 4 heterocycles. The first-order valence-corrected chi connectivity index (χ1v) is 25.0. The standard InChI is InChI=1S/C52H60F10N10O8/c1-49(2,51(57,58)59)42(66-48(78)79-5)44(74)64-39(24-31-9-6-30(7-10-31)8-11-32-12-13-41(63-27-32)70-20-18-69(19-21-70)34-15-22-80-23-16-34)40(73)29-71(68-45(75)43(65-47(76)77)50(3,4)52(60,61)62)28-35-36(53)25-33(26-37(35)54)38-14-17-72(67-38)46(55)56/h6-7,9-10,12-14,17,25-27,34,39-40,42-43,46,65,73H,15-16,18-24,28-29H2,1-5H3,(H,64,74)(H,66,78)(H,68,75)(H,76,77)/t39-,40-,42+,43+/m0/s1. The Bertz CT molecular complexity index is 2820. The fourth-order valence-corrected chi connectivity index (χ4v) is 8.88. The summed E-state index contributed by atoms with van der Waals surface area (Å²) in [4.78, 5) is 61.3. The molecule has 6 N–H and O–H groups in total. The zero-order valence-electron chi connectivity index (χ0n) is 43.9. The minimum Gasteiger partial charge on any atom is -0.465 e. The number of pyridine rings is 1. The normalized spacial score (nSPS) is 16.5. The third-order valence-electron chi connectivity index (χ3n) is 14.1. The second-order valence-corrected chi connectivity index (χ2v) is 20.2. The molecule has 0 saturated carbocycles. The molecule has 0 radical (unpaired) electrons. The van der Waals surface area contributed by atoms with Crippen molar-refractivity contribution in [2.45, 2.75) is 103 Å². The van der Waals surface area contributed by atoms with E-state index >= 15 is 8.78 Å². The number of carbonyl (C=O) groups is 4. The van der Waals surface area contributed by atoms with E-state index in [0.717, 1.165) is 77.4 Å². The maximum absolute atomic E-state index is 16.0. The number of alkyl halides is 8. The van der Waals surface area contributed by atoms with E-state index in [4.69, 9.17) is 4.74 Å². The highest BCUT2D eigenvalue weighted by Gasteiger charge is 2.57. The average molecular weight is 1140 g/mol. The molecule has 4 atom stereocenters. The van der Waals surface area contributed by atoms with Crippen LogP contribution in [0.5, 0.6) is 0 Å². The molecule has 0 aliphatic carbocycles. The van der Waals surface area contributed by atoms with Crippen LogP contribution in [0, 0.1) is 34.3 Å². The van der Waals surface area contributed by atoms with Gasteiger partial charge in [-0.1, -0.05) is 24.0 Å². The van der Waals surface area contributed by atoms with E-state index in [9.17, 15) is 64.5 Å². The number of aliphatic hydroxyl groups excluding tert-OH is 1. The quantitative estimate of drug-likeness (QED) is 0.0325. The van der Waals surface area contributed by atoms with Crippen LogP contribution >= 0.6 is 0 Å². The van der Waals surface area contributed by atoms with Crippen LogP contribution in [-0.2, 0) is 32.0 Å². The number of hydrogen-bond donors (Lipinski definition) is 6. The molecule has 4 aromatic rings. The maximum Gasteiger partial charge on any atom is 0.407 e. The Morgan fingerprint density at radius 2 is 1.39 bits per heavy atom. The number of carboxylic acid groups (broad SMARTS) is 1. The molecule has 436 valence electrons. The Labute approximate surface area is 453 Å². The van der Waals surface area contributed by atoms with E-state index in [-0.39, 0.29) is 21.5 Å². The fourth-order valence-electron chi connectivity index (χ4n) is 8.88. The highest BCUT2D eigenvalue weighted by molar-refractivity contribution is 5.87. The van der Waals surface area contributed by atoms with Gasteiger partial charge in [-0.05, 0) is 95.0 Å². The number of ether oxygens (including phenoxy) is 2. The van der Waals surface area contributed by atoms with Gasteiger partial charge in [-0.15, -0.1) is 0 Å². The van der Waals surface area contributed by atoms with Crippen LogP contribution < -0.4 is 26.3 Å². The van der Waals surface area contributed by atoms with Crippen molar-refractivity contribution in [2.75, 3.05) is 57.9 Å². The van der Waals surface area contributed by atoms with Crippen molar-refractivity contribution < 1.29 is 82.8 Å². The van der Waals surface area contributed by atoms with Gasteiger partial charge in [0, 0.05) is 93.2 Å². The zero-order valence-corrected chi connectivity index (χ0v) is 43.9. The minimum absolute atomic E-state index is 0.187. The molecule has 2 aliphatic heterocycles. The number of hydrazine groups is 1. The van der Waals surface area contributed by atoms with Crippen molar-refractivity contribution in [3.05, 3.63) is 101 Å². The third kappa shape index (κ3) is 15.6. The molecule has 0 bridgehead atoms. The van der Waals surface area contributed by atoms with Crippen LogP contribution in [0.2, 0.25) is 0 Å². The summed E-state index contributed by atoms with van der Waals surface area (Å²) in [6.07, 6.45) is -12.3. The lowest BCUT2D eigenvalue weighted by molar-refractivity contribution is -0.221. The number of nitrogens with one attached hydrogen (secondary N) is 4. The first kappa shape index (κ1) is 62.0. The number of anilines is 1. The van der Waals surface area contributed by atoms with Crippen molar-refractivity contribution in [3.63, 3.8) is 0 Å². The first-order valence-electron chi connectivity index (χ1n) is 25.0. The average Bonchev–Trinajstić information content (AvgIpc) is 3.95. The molecule has 2 saturated heterocycles. The molecule has 18 nitrogen and oxygen atoms in total. The Balaban J connectivity index is 1.30. The number of alkyl carbamates (subject to hydrolysis) is 1. The largest absolute Gasteiger partial charge is 0.465 e. The van der Waals surface area contributed by atoms with Gasteiger partial charge in [-0.25, -0.2) is 33.0 Å². The monoisotopic (exact) mass is 1140 g/mol. The van der Waals surface area contributed by atoms with Crippen LogP contribution in [-0.4, -0.2) is 155 Å². The molecule has 0 unspecified atom stereocenters. The van der Waals surface area contributed by atoms with E-state index in [1.165, 1.54) is 29.6 Å². The van der Waals surface area contributed by atoms with Gasteiger partial charge in [-0.2, -0.15) is 40.2 Å². The number of amides is 4. The van der Waals surface area contributed by atoms with Crippen LogP contribution in [0.1, 0.15) is 69.3 Å². The van der Waals surface area contributed by atoms with Gasteiger partial charge in [0.2, 0.25) is 5.91 Å². The smallest absolute Gasteiger partial charge is 0.407 e. The summed E-state index contributed by atoms with van der Waals surface area (Å²) in [7, 11) is 0.811. The summed E-state index contributed by atoms with van der Waals surface area (Å²) in [6.45, 7) is 1.51. The Hall–Kier alpha value is -7.22. The molecule has 28 heteroatoms. The molecular weight excluding hydrogens is 1080 g/mol. The van der Waals surface area contributed by atoms with Crippen LogP contribution in [0.25, 0.3) is 11.3 Å². The molecule has 2 aliphatic rings.